The summed E-state index contributed by atoms with van der Waals surface area (Å²) >= 11 is 0. The van der Waals surface area contributed by atoms with E-state index in [1.807, 2.05) is 0 Å². The molecule has 0 aliphatic carbocycles. The van der Waals surface area contributed by atoms with Crippen molar-refractivity contribution in [2.45, 2.75) is 65.0 Å². The van der Waals surface area contributed by atoms with Gasteiger partial charge in [0, 0.05) is 25.2 Å². The molecule has 2 atom stereocenters. The Bertz CT molecular complexity index is 706. The minimum atomic E-state index is -0.873. The number of imide groups is 1. The fourth-order valence-electron chi connectivity index (χ4n) is 2.88. The Labute approximate surface area is 193 Å². The molecular formula is C21H36N6O6. The topological polar surface area (TPSA) is 194 Å². The van der Waals surface area contributed by atoms with Crippen LogP contribution in [-0.2, 0) is 24.0 Å². The predicted molar refractivity (Wildman–Crippen MR) is 121 cm³/mol. The Kier molecular flexibility index (Phi) is 14.5. The second kappa shape index (κ2) is 16.2. The molecule has 0 aromatic rings. The second-order valence-corrected chi connectivity index (χ2v) is 7.77. The number of urea groups is 1. The molecule has 7 amide bonds. The molecule has 12 heteroatoms. The number of hydrogen-bond acceptors (Lipinski definition) is 6. The first kappa shape index (κ1) is 29.6. The van der Waals surface area contributed by atoms with Gasteiger partial charge in [-0.25, -0.2) is 4.79 Å². The largest absolute Gasteiger partial charge is 0.368 e. The summed E-state index contributed by atoms with van der Waals surface area (Å²) in [6, 6.07) is -2.28. The fraction of sp³-hybridized carbons (Fsp3) is 0.619. The summed E-state index contributed by atoms with van der Waals surface area (Å²) in [7, 11) is 0. The standard InChI is InChI=1S/C12H23N5O4.C9H13NO2/c1-7(2)9(16-6-18)11(20)17-8(10(13)19)4-3-5-15-12(14)21;1-2-3-4-7-10-8(11)5-6-9(10)12/h6-9H,3-5H2,1-2H3,(H2,13,19)(H,16,18)(H,17,20)(H3,14,15,21);5-6H,2-4,7H2,1H3. The summed E-state index contributed by atoms with van der Waals surface area (Å²) in [6.45, 7) is 6.45. The van der Waals surface area contributed by atoms with Crippen molar-refractivity contribution in [1.29, 1.82) is 0 Å². The lowest BCUT2D eigenvalue weighted by molar-refractivity contribution is -0.136. The first-order valence-electron chi connectivity index (χ1n) is 10.9. The van der Waals surface area contributed by atoms with E-state index < -0.39 is 29.9 Å². The van der Waals surface area contributed by atoms with Crippen molar-refractivity contribution >= 4 is 36.1 Å². The van der Waals surface area contributed by atoms with Gasteiger partial charge in [-0.2, -0.15) is 0 Å². The van der Waals surface area contributed by atoms with Crippen LogP contribution in [0.5, 0.6) is 0 Å². The van der Waals surface area contributed by atoms with E-state index in [0.29, 0.717) is 19.4 Å². The Morgan fingerprint density at radius 3 is 2.12 bits per heavy atom. The van der Waals surface area contributed by atoms with E-state index in [9.17, 15) is 28.8 Å². The molecule has 1 aliphatic rings. The van der Waals surface area contributed by atoms with Gasteiger partial charge < -0.3 is 27.4 Å². The quantitative estimate of drug-likeness (QED) is 0.127. The maximum absolute atomic E-state index is 12.0. The van der Waals surface area contributed by atoms with Crippen molar-refractivity contribution in [2.24, 2.45) is 17.4 Å². The molecule has 0 saturated carbocycles. The molecule has 2 unspecified atom stereocenters. The molecule has 0 aromatic heterocycles. The van der Waals surface area contributed by atoms with Gasteiger partial charge in [0.15, 0.2) is 0 Å². The van der Waals surface area contributed by atoms with Gasteiger partial charge in [-0.3, -0.25) is 28.9 Å². The molecule has 0 radical (unpaired) electrons. The van der Waals surface area contributed by atoms with E-state index in [4.69, 9.17) is 11.5 Å². The van der Waals surface area contributed by atoms with Crippen molar-refractivity contribution in [3.63, 3.8) is 0 Å². The highest BCUT2D eigenvalue weighted by molar-refractivity contribution is 6.12. The van der Waals surface area contributed by atoms with Crippen LogP contribution in [-0.4, -0.2) is 66.1 Å². The first-order valence-corrected chi connectivity index (χ1v) is 10.9. The van der Waals surface area contributed by atoms with Gasteiger partial charge in [-0.1, -0.05) is 33.6 Å². The highest BCUT2D eigenvalue weighted by Gasteiger charge is 2.26. The van der Waals surface area contributed by atoms with Gasteiger partial charge in [0.25, 0.3) is 11.8 Å². The minimum absolute atomic E-state index is 0.139. The molecule has 1 aliphatic heterocycles. The van der Waals surface area contributed by atoms with Crippen molar-refractivity contribution in [1.82, 2.24) is 20.9 Å². The highest BCUT2D eigenvalue weighted by Crippen LogP contribution is 2.06. The van der Waals surface area contributed by atoms with E-state index in [1.165, 1.54) is 17.1 Å². The van der Waals surface area contributed by atoms with E-state index >= 15 is 0 Å². The third-order valence-corrected chi connectivity index (χ3v) is 4.71. The predicted octanol–water partition coefficient (Wildman–Crippen LogP) is -0.723. The van der Waals surface area contributed by atoms with Crippen molar-refractivity contribution in [3.05, 3.63) is 12.2 Å². The van der Waals surface area contributed by atoms with Crippen LogP contribution < -0.4 is 27.4 Å². The Morgan fingerprint density at radius 1 is 1.06 bits per heavy atom. The summed E-state index contributed by atoms with van der Waals surface area (Å²) in [6.07, 6.45) is 6.84. The Morgan fingerprint density at radius 2 is 1.67 bits per heavy atom. The zero-order chi connectivity index (χ0) is 25.4. The van der Waals surface area contributed by atoms with Crippen molar-refractivity contribution in [3.8, 4) is 0 Å². The van der Waals surface area contributed by atoms with Crippen molar-refractivity contribution < 1.29 is 28.8 Å². The monoisotopic (exact) mass is 468 g/mol. The first-order chi connectivity index (χ1) is 15.5. The minimum Gasteiger partial charge on any atom is -0.368 e. The third kappa shape index (κ3) is 12.2. The molecule has 0 fully saturated rings. The number of nitrogens with one attached hydrogen (secondary N) is 3. The molecule has 1 rings (SSSR count). The summed E-state index contributed by atoms with van der Waals surface area (Å²) in [5.74, 6) is -1.65. The third-order valence-electron chi connectivity index (χ3n) is 4.71. The van der Waals surface area contributed by atoms with Crippen LogP contribution >= 0.6 is 0 Å². The maximum Gasteiger partial charge on any atom is 0.312 e. The average Bonchev–Trinajstić information content (AvgIpc) is 3.06. The number of carbonyl (C=O) groups is 6. The van der Waals surface area contributed by atoms with Crippen LogP contribution in [0.2, 0.25) is 0 Å². The van der Waals surface area contributed by atoms with Gasteiger partial charge in [0.05, 0.1) is 0 Å². The molecule has 0 aromatic carbocycles. The van der Waals surface area contributed by atoms with Crippen LogP contribution in [0.15, 0.2) is 12.2 Å². The second-order valence-electron chi connectivity index (χ2n) is 7.77. The van der Waals surface area contributed by atoms with Crippen LogP contribution in [0, 0.1) is 5.92 Å². The van der Waals surface area contributed by atoms with Crippen LogP contribution in [0.1, 0.15) is 52.9 Å². The van der Waals surface area contributed by atoms with Gasteiger partial charge in [-0.05, 0) is 25.2 Å². The Hall–Kier alpha value is -3.44. The van der Waals surface area contributed by atoms with E-state index in [0.717, 1.165) is 19.3 Å². The smallest absolute Gasteiger partial charge is 0.312 e. The summed E-state index contributed by atoms with van der Waals surface area (Å²) in [4.78, 5) is 67.6. The molecule has 7 N–H and O–H groups in total. The molecule has 12 nitrogen and oxygen atoms in total. The van der Waals surface area contributed by atoms with Gasteiger partial charge in [0.2, 0.25) is 18.2 Å². The van der Waals surface area contributed by atoms with Gasteiger partial charge in [-0.15, -0.1) is 0 Å². The summed E-state index contributed by atoms with van der Waals surface area (Å²) < 4.78 is 0. The molecule has 186 valence electrons. The van der Waals surface area contributed by atoms with Gasteiger partial charge in [0.1, 0.15) is 12.1 Å². The van der Waals surface area contributed by atoms with E-state index in [-0.39, 0.29) is 30.7 Å². The number of carbonyl (C=O) groups excluding carboxylic acids is 6. The SMILES string of the molecule is CC(C)C(NC=O)C(=O)NC(CCCNC(N)=O)C(N)=O.CCCCCN1C(=O)C=CC1=O. The lowest BCUT2D eigenvalue weighted by Gasteiger charge is -2.22. The maximum atomic E-state index is 12.0. The fourth-order valence-corrected chi connectivity index (χ4v) is 2.88. The molecule has 0 bridgehead atoms. The summed E-state index contributed by atoms with van der Waals surface area (Å²) in [5.41, 5.74) is 10.1. The van der Waals surface area contributed by atoms with E-state index in [2.05, 4.69) is 22.9 Å². The molecular weight excluding hydrogens is 432 g/mol. The molecule has 0 spiro atoms. The lowest BCUT2D eigenvalue weighted by Crippen LogP contribution is -2.53. The zero-order valence-electron chi connectivity index (χ0n) is 19.5. The number of amides is 7. The lowest BCUT2D eigenvalue weighted by atomic mass is 10.0. The number of hydrogen-bond donors (Lipinski definition) is 5. The molecule has 1 heterocycles. The Balaban J connectivity index is 0.000000716. The average molecular weight is 469 g/mol. The van der Waals surface area contributed by atoms with Gasteiger partial charge >= 0.3 is 6.03 Å². The van der Waals surface area contributed by atoms with Crippen molar-refractivity contribution in [2.75, 3.05) is 13.1 Å². The number of rotatable bonds is 14. The zero-order valence-corrected chi connectivity index (χ0v) is 19.5. The number of unbranched alkanes of at least 4 members (excludes halogenated alkanes) is 2. The molecule has 0 saturated heterocycles. The van der Waals surface area contributed by atoms with Crippen LogP contribution in [0.4, 0.5) is 4.79 Å². The number of nitrogens with zero attached hydrogens (tertiary/aromatic N) is 1. The summed E-state index contributed by atoms with van der Waals surface area (Å²) in [5, 5.41) is 7.25. The van der Waals surface area contributed by atoms with Crippen LogP contribution in [0.25, 0.3) is 0 Å². The van der Waals surface area contributed by atoms with Crippen LogP contribution in [0.3, 0.4) is 0 Å². The number of nitrogens with two attached hydrogens (primary N) is 2. The number of primary amides is 2. The highest BCUT2D eigenvalue weighted by atomic mass is 16.2. The molecule has 33 heavy (non-hydrogen) atoms. The normalized spacial score (nSPS) is 14.2. The van der Waals surface area contributed by atoms with E-state index in [1.54, 1.807) is 13.8 Å².